The molecule has 2 N–H and O–H groups in total. The Labute approximate surface area is 147 Å². The van der Waals surface area contributed by atoms with Crippen LogP contribution in [0.15, 0.2) is 41.0 Å². The van der Waals surface area contributed by atoms with Gasteiger partial charge < -0.3 is 29.3 Å². The van der Waals surface area contributed by atoms with Crippen LogP contribution in [0.5, 0.6) is 11.5 Å². The lowest BCUT2D eigenvalue weighted by Crippen LogP contribution is -2.35. The van der Waals surface area contributed by atoms with Crippen LogP contribution >= 0.6 is 0 Å². The first-order chi connectivity index (χ1) is 12.2. The summed E-state index contributed by atoms with van der Waals surface area (Å²) in [6, 6.07) is 8.99. The fourth-order valence-corrected chi connectivity index (χ4v) is 2.18. The van der Waals surface area contributed by atoms with Crippen molar-refractivity contribution in [2.45, 2.75) is 19.6 Å². The Bertz CT molecular complexity index is 643. The maximum atomic E-state index is 11.8. The number of amides is 2. The first kappa shape index (κ1) is 18.7. The van der Waals surface area contributed by atoms with E-state index in [4.69, 9.17) is 18.6 Å². The third kappa shape index (κ3) is 6.39. The summed E-state index contributed by atoms with van der Waals surface area (Å²) in [7, 11) is 3.16. The molecule has 0 saturated carbocycles. The van der Waals surface area contributed by atoms with Gasteiger partial charge in [0.1, 0.15) is 12.4 Å². The molecular formula is C18H24N2O5. The fourth-order valence-electron chi connectivity index (χ4n) is 2.18. The average molecular weight is 348 g/mol. The fraction of sp³-hybridized carbons (Fsp3) is 0.389. The molecule has 0 saturated heterocycles. The maximum Gasteiger partial charge on any atom is 0.315 e. The van der Waals surface area contributed by atoms with Gasteiger partial charge in [-0.05, 0) is 36.2 Å². The van der Waals surface area contributed by atoms with Gasteiger partial charge in [-0.1, -0.05) is 6.07 Å². The second-order valence-corrected chi connectivity index (χ2v) is 5.28. The molecule has 0 aliphatic rings. The van der Waals surface area contributed by atoms with E-state index in [1.165, 1.54) is 0 Å². The predicted octanol–water partition coefficient (Wildman–Crippen LogP) is 2.70. The average Bonchev–Trinajstić information content (AvgIpc) is 3.16. The van der Waals surface area contributed by atoms with Gasteiger partial charge in [-0.2, -0.15) is 0 Å². The topological polar surface area (TPSA) is 82.0 Å². The highest BCUT2D eigenvalue weighted by molar-refractivity contribution is 5.73. The SMILES string of the molecule is COc1ccc(CNC(=O)NCCCOCc2ccco2)cc1OC. The minimum absolute atomic E-state index is 0.221. The molecule has 7 nitrogen and oxygen atoms in total. The van der Waals surface area contributed by atoms with Crippen LogP contribution in [0.2, 0.25) is 0 Å². The van der Waals surface area contributed by atoms with Crippen molar-refractivity contribution in [2.24, 2.45) is 0 Å². The number of carbonyl (C=O) groups excluding carboxylic acids is 1. The van der Waals surface area contributed by atoms with E-state index in [-0.39, 0.29) is 6.03 Å². The largest absolute Gasteiger partial charge is 0.493 e. The third-order valence-corrected chi connectivity index (χ3v) is 3.48. The van der Waals surface area contributed by atoms with Gasteiger partial charge in [0.05, 0.1) is 20.5 Å². The standard InChI is InChI=1S/C18H24N2O5/c1-22-16-7-6-14(11-17(16)23-2)12-20-18(21)19-8-4-9-24-13-15-5-3-10-25-15/h3,5-7,10-11H,4,8-9,12-13H2,1-2H3,(H2,19,20,21). The quantitative estimate of drug-likeness (QED) is 0.645. The lowest BCUT2D eigenvalue weighted by molar-refractivity contribution is 0.104. The number of carbonyl (C=O) groups is 1. The molecule has 1 aromatic carbocycles. The first-order valence-electron chi connectivity index (χ1n) is 8.05. The van der Waals surface area contributed by atoms with Crippen molar-refractivity contribution in [3.63, 3.8) is 0 Å². The van der Waals surface area contributed by atoms with Crippen LogP contribution in [0.25, 0.3) is 0 Å². The van der Waals surface area contributed by atoms with Gasteiger partial charge in [-0.25, -0.2) is 4.79 Å². The van der Waals surface area contributed by atoms with E-state index in [0.29, 0.717) is 37.8 Å². The van der Waals surface area contributed by atoms with E-state index < -0.39 is 0 Å². The summed E-state index contributed by atoms with van der Waals surface area (Å²) in [5, 5.41) is 5.59. The number of furan rings is 1. The summed E-state index contributed by atoms with van der Waals surface area (Å²) in [6.45, 7) is 1.94. The Morgan fingerprint density at radius 2 is 1.96 bits per heavy atom. The van der Waals surface area contributed by atoms with Crippen LogP contribution in [-0.2, 0) is 17.9 Å². The lowest BCUT2D eigenvalue weighted by atomic mass is 10.2. The third-order valence-electron chi connectivity index (χ3n) is 3.48. The normalized spacial score (nSPS) is 10.3. The molecule has 7 heteroatoms. The molecule has 25 heavy (non-hydrogen) atoms. The highest BCUT2D eigenvalue weighted by Crippen LogP contribution is 2.27. The van der Waals surface area contributed by atoms with Crippen LogP contribution in [0, 0.1) is 0 Å². The van der Waals surface area contributed by atoms with Gasteiger partial charge in [-0.15, -0.1) is 0 Å². The highest BCUT2D eigenvalue weighted by Gasteiger charge is 2.06. The maximum absolute atomic E-state index is 11.8. The molecule has 0 atom stereocenters. The second-order valence-electron chi connectivity index (χ2n) is 5.28. The molecule has 0 bridgehead atoms. The molecule has 0 aliphatic carbocycles. The van der Waals surface area contributed by atoms with Gasteiger partial charge in [0.15, 0.2) is 11.5 Å². The van der Waals surface area contributed by atoms with Gasteiger partial charge >= 0.3 is 6.03 Å². The Balaban J connectivity index is 1.59. The first-order valence-corrected chi connectivity index (χ1v) is 8.05. The van der Waals surface area contributed by atoms with Crippen molar-refractivity contribution in [1.82, 2.24) is 10.6 Å². The van der Waals surface area contributed by atoms with Crippen LogP contribution < -0.4 is 20.1 Å². The lowest BCUT2D eigenvalue weighted by Gasteiger charge is -2.11. The van der Waals surface area contributed by atoms with E-state index in [1.807, 2.05) is 30.3 Å². The van der Waals surface area contributed by atoms with Gasteiger partial charge in [0, 0.05) is 19.7 Å². The molecule has 1 heterocycles. The predicted molar refractivity (Wildman–Crippen MR) is 92.8 cm³/mol. The van der Waals surface area contributed by atoms with Crippen molar-refractivity contribution in [3.05, 3.63) is 47.9 Å². The van der Waals surface area contributed by atoms with Gasteiger partial charge in [-0.3, -0.25) is 0 Å². The summed E-state index contributed by atoms with van der Waals surface area (Å²) >= 11 is 0. The molecule has 2 rings (SSSR count). The second kappa shape index (κ2) is 10.2. The van der Waals surface area contributed by atoms with Crippen molar-refractivity contribution in [3.8, 4) is 11.5 Å². The van der Waals surface area contributed by atoms with Gasteiger partial charge in [0.2, 0.25) is 0 Å². The number of rotatable bonds is 10. The summed E-state index contributed by atoms with van der Waals surface area (Å²) in [5.41, 5.74) is 0.926. The van der Waals surface area contributed by atoms with Crippen molar-refractivity contribution < 1.29 is 23.4 Å². The Kier molecular flexibility index (Phi) is 7.65. The molecule has 0 aliphatic heterocycles. The Hall–Kier alpha value is -2.67. The highest BCUT2D eigenvalue weighted by atomic mass is 16.5. The molecule has 136 valence electrons. The van der Waals surface area contributed by atoms with Gasteiger partial charge in [0.25, 0.3) is 0 Å². The Morgan fingerprint density at radius 3 is 2.68 bits per heavy atom. The minimum Gasteiger partial charge on any atom is -0.493 e. The number of ether oxygens (including phenoxy) is 3. The zero-order valence-electron chi connectivity index (χ0n) is 14.5. The van der Waals surface area contributed by atoms with Crippen LogP contribution in [0.1, 0.15) is 17.7 Å². The smallest absolute Gasteiger partial charge is 0.315 e. The van der Waals surface area contributed by atoms with E-state index >= 15 is 0 Å². The number of methoxy groups -OCH3 is 2. The molecule has 2 aromatic rings. The van der Waals surface area contributed by atoms with E-state index in [1.54, 1.807) is 20.5 Å². The number of hydrogen-bond donors (Lipinski definition) is 2. The molecule has 2 amide bonds. The van der Waals surface area contributed by atoms with E-state index in [0.717, 1.165) is 17.7 Å². The minimum atomic E-state index is -0.221. The van der Waals surface area contributed by atoms with E-state index in [2.05, 4.69) is 10.6 Å². The molecule has 0 radical (unpaired) electrons. The van der Waals surface area contributed by atoms with Crippen LogP contribution in [0.4, 0.5) is 4.79 Å². The molecule has 0 spiro atoms. The van der Waals surface area contributed by atoms with Crippen LogP contribution in [-0.4, -0.2) is 33.4 Å². The summed E-state index contributed by atoms with van der Waals surface area (Å²) < 4.78 is 21.0. The Morgan fingerprint density at radius 1 is 1.12 bits per heavy atom. The molecular weight excluding hydrogens is 324 g/mol. The van der Waals surface area contributed by atoms with Crippen LogP contribution in [0.3, 0.4) is 0 Å². The van der Waals surface area contributed by atoms with Crippen molar-refractivity contribution in [1.29, 1.82) is 0 Å². The zero-order valence-corrected chi connectivity index (χ0v) is 14.5. The number of nitrogens with one attached hydrogen (secondary N) is 2. The number of benzene rings is 1. The number of urea groups is 1. The van der Waals surface area contributed by atoms with Crippen molar-refractivity contribution in [2.75, 3.05) is 27.4 Å². The molecule has 0 unspecified atom stereocenters. The van der Waals surface area contributed by atoms with Crippen molar-refractivity contribution >= 4 is 6.03 Å². The number of hydrogen-bond acceptors (Lipinski definition) is 5. The summed E-state index contributed by atoms with van der Waals surface area (Å²) in [5.74, 6) is 2.08. The molecule has 1 aromatic heterocycles. The monoisotopic (exact) mass is 348 g/mol. The zero-order chi connectivity index (χ0) is 17.9. The molecule has 0 fully saturated rings. The van der Waals surface area contributed by atoms with E-state index in [9.17, 15) is 4.79 Å². The summed E-state index contributed by atoms with van der Waals surface area (Å²) in [4.78, 5) is 11.8. The summed E-state index contributed by atoms with van der Waals surface area (Å²) in [6.07, 6.45) is 2.34.